The van der Waals surface area contributed by atoms with Crippen LogP contribution in [0.5, 0.6) is 0 Å². The van der Waals surface area contributed by atoms with Crippen molar-refractivity contribution >= 4 is 40.5 Å². The van der Waals surface area contributed by atoms with Crippen LogP contribution in [0.25, 0.3) is 0 Å². The first kappa shape index (κ1) is 23.1. The fourth-order valence-electron chi connectivity index (χ4n) is 0. The van der Waals surface area contributed by atoms with Crippen LogP contribution in [0.1, 0.15) is 0 Å². The van der Waals surface area contributed by atoms with E-state index in [0.717, 1.165) is 0 Å². The van der Waals surface area contributed by atoms with Crippen molar-refractivity contribution in [2.75, 3.05) is 0 Å². The van der Waals surface area contributed by atoms with Gasteiger partial charge >= 0.3 is 51.0 Å². The van der Waals surface area contributed by atoms with Crippen molar-refractivity contribution in [1.82, 2.24) is 0 Å². The molecule has 0 aliphatic rings. The van der Waals surface area contributed by atoms with Gasteiger partial charge in [0.15, 0.2) is 0 Å². The molecule has 0 unspecified atom stereocenters. The fourth-order valence-corrected chi connectivity index (χ4v) is 0. The van der Waals surface area contributed by atoms with Gasteiger partial charge in [-0.2, -0.15) is 0 Å². The van der Waals surface area contributed by atoms with Gasteiger partial charge in [0.25, 0.3) is 0 Å². The third-order valence-electron chi connectivity index (χ3n) is 0. The molecule has 0 heterocycles. The number of hydrogen-bond acceptors (Lipinski definition) is 0. The molecule has 0 atom stereocenters. The Morgan fingerprint density at radius 3 is 0.714 bits per heavy atom. The summed E-state index contributed by atoms with van der Waals surface area (Å²) >= 11 is 9.81. The zero-order valence-corrected chi connectivity index (χ0v) is 10.1. The fraction of sp³-hybridized carbons (Fsp3) is 0. The predicted octanol–water partition coefficient (Wildman–Crippen LogP) is 0.0602. The summed E-state index contributed by atoms with van der Waals surface area (Å²) in [5.74, 6) is 0. The van der Waals surface area contributed by atoms with Gasteiger partial charge in [-0.25, -0.2) is 0 Å². The summed E-state index contributed by atoms with van der Waals surface area (Å²) in [4.78, 5) is 0. The first-order valence-electron chi connectivity index (χ1n) is 0.378. The normalized spacial score (nSPS) is 6.43. The second kappa shape index (κ2) is 15.7. The Kier molecular flexibility index (Phi) is 51.7. The van der Waals surface area contributed by atoms with Gasteiger partial charge in [-0.3, -0.25) is 0 Å². The van der Waals surface area contributed by atoms with Gasteiger partial charge in [-0.05, 0) is 0 Å². The second-order valence-electron chi connectivity index (χ2n) is 0.143. The molecule has 0 saturated heterocycles. The average molecular weight is 486 g/mol. The first-order chi connectivity index (χ1) is 1.73. The van der Waals surface area contributed by atoms with Crippen LogP contribution in [0, 0.1) is 0 Å². The summed E-state index contributed by atoms with van der Waals surface area (Å²) in [6.07, 6.45) is 0. The molecule has 7 heteroatoms. The minimum atomic E-state index is -0.896. The van der Waals surface area contributed by atoms with Gasteiger partial charge in [0, 0.05) is 0 Å². The van der Waals surface area contributed by atoms with E-state index in [1.54, 1.807) is 0 Å². The van der Waals surface area contributed by atoms with E-state index in [4.69, 9.17) is 0 Å². The SMILES string of the molecule is O.O.O.[Br][Ir]([Br])[Br]. The molecule has 0 aromatic heterocycles. The van der Waals surface area contributed by atoms with Crippen LogP contribution in [0.2, 0.25) is 0 Å². The van der Waals surface area contributed by atoms with Crippen molar-refractivity contribution in [1.29, 1.82) is 0 Å². The molecular weight excluding hydrogens is 480 g/mol. The molecule has 54 valence electrons. The Bertz CT molecular complexity index is 14.9. The van der Waals surface area contributed by atoms with E-state index in [1.165, 1.54) is 0 Å². The van der Waals surface area contributed by atoms with Crippen LogP contribution in [-0.4, -0.2) is 16.4 Å². The number of rotatable bonds is 0. The van der Waals surface area contributed by atoms with E-state index >= 15 is 0 Å². The van der Waals surface area contributed by atoms with Crippen LogP contribution < -0.4 is 0 Å². The zero-order chi connectivity index (χ0) is 3.58. The maximum atomic E-state index is 3.27. The van der Waals surface area contributed by atoms with Crippen LogP contribution in [-0.2, 0) is 10.5 Å². The van der Waals surface area contributed by atoms with Crippen LogP contribution in [0.15, 0.2) is 0 Å². The summed E-state index contributed by atoms with van der Waals surface area (Å²) in [6, 6.07) is 0. The van der Waals surface area contributed by atoms with Crippen LogP contribution in [0.3, 0.4) is 0 Å². The van der Waals surface area contributed by atoms with E-state index in [2.05, 4.69) is 40.5 Å². The van der Waals surface area contributed by atoms with Crippen molar-refractivity contribution in [3.8, 4) is 0 Å². The maximum absolute atomic E-state index is 3.27. The number of hydrogen-bond donors (Lipinski definition) is 0. The summed E-state index contributed by atoms with van der Waals surface area (Å²) in [7, 11) is -0.896. The first-order valence-corrected chi connectivity index (χ1v) is 16.1. The molecule has 0 amide bonds. The number of halogens is 3. The van der Waals surface area contributed by atoms with Gasteiger partial charge in [-0.1, -0.05) is 0 Å². The monoisotopic (exact) mass is 484 g/mol. The molecule has 0 fully saturated rings. The molecule has 0 rings (SSSR count). The zero-order valence-electron chi connectivity index (χ0n) is 2.97. The molecule has 7 heavy (non-hydrogen) atoms. The average Bonchev–Trinajstić information content (AvgIpc) is 0.811. The van der Waals surface area contributed by atoms with Crippen molar-refractivity contribution in [3.05, 3.63) is 0 Å². The van der Waals surface area contributed by atoms with Gasteiger partial charge in [-0.15, -0.1) is 0 Å². The molecule has 6 N–H and O–H groups in total. The molecule has 0 aliphatic carbocycles. The van der Waals surface area contributed by atoms with Gasteiger partial charge in [0.1, 0.15) is 0 Å². The van der Waals surface area contributed by atoms with Gasteiger partial charge < -0.3 is 16.4 Å². The molecule has 0 spiro atoms. The van der Waals surface area contributed by atoms with Crippen LogP contribution >= 0.6 is 40.5 Å². The summed E-state index contributed by atoms with van der Waals surface area (Å²) in [5, 5.41) is 0. The molecule has 0 radical (unpaired) electrons. The molecule has 3 nitrogen and oxygen atoms in total. The van der Waals surface area contributed by atoms with E-state index in [1.807, 2.05) is 0 Å². The molecule has 0 bridgehead atoms. The van der Waals surface area contributed by atoms with E-state index in [0.29, 0.717) is 0 Å². The third kappa shape index (κ3) is 73.2. The standard InChI is InChI=1S/3BrH.Ir.3H2O/h3*1H;;3*1H2/q;;;+3;;;/p-3. The van der Waals surface area contributed by atoms with Crippen molar-refractivity contribution in [3.63, 3.8) is 0 Å². The third-order valence-corrected chi connectivity index (χ3v) is 0. The van der Waals surface area contributed by atoms with E-state index in [-0.39, 0.29) is 16.4 Å². The summed E-state index contributed by atoms with van der Waals surface area (Å²) in [5.41, 5.74) is 0. The predicted molar refractivity (Wildman–Crippen MR) is 37.6 cm³/mol. The van der Waals surface area contributed by atoms with Gasteiger partial charge in [0.2, 0.25) is 0 Å². The van der Waals surface area contributed by atoms with Gasteiger partial charge in [0.05, 0.1) is 0 Å². The van der Waals surface area contributed by atoms with Crippen LogP contribution in [0.4, 0.5) is 0 Å². The Labute approximate surface area is 66.8 Å². The molecule has 0 aromatic rings. The second-order valence-corrected chi connectivity index (χ2v) is 31.6. The molecular formula is H6Br3IrO3. The summed E-state index contributed by atoms with van der Waals surface area (Å²) < 4.78 is 0. The summed E-state index contributed by atoms with van der Waals surface area (Å²) in [6.45, 7) is 0. The minimum absolute atomic E-state index is 0. The van der Waals surface area contributed by atoms with Crippen molar-refractivity contribution < 1.29 is 26.9 Å². The Hall–Kier alpha value is 1.97. The van der Waals surface area contributed by atoms with E-state index in [9.17, 15) is 0 Å². The van der Waals surface area contributed by atoms with E-state index < -0.39 is 10.5 Å². The quantitative estimate of drug-likeness (QED) is 0.464. The Morgan fingerprint density at radius 1 is 0.714 bits per heavy atom. The molecule has 0 aromatic carbocycles. The van der Waals surface area contributed by atoms with Crippen molar-refractivity contribution in [2.24, 2.45) is 0 Å². The Morgan fingerprint density at radius 2 is 0.714 bits per heavy atom. The Balaban J connectivity index is -0.0000000150. The van der Waals surface area contributed by atoms with Crippen molar-refractivity contribution in [2.45, 2.75) is 0 Å². The molecule has 0 saturated carbocycles. The molecule has 0 aliphatic heterocycles. The topological polar surface area (TPSA) is 94.5 Å².